The fraction of sp³-hybridized carbons (Fsp3) is 0.250. The van der Waals surface area contributed by atoms with Gasteiger partial charge in [0.15, 0.2) is 0 Å². The van der Waals surface area contributed by atoms with Crippen molar-refractivity contribution < 1.29 is 18.7 Å². The molecule has 76 valence electrons. The number of hydrogen-bond donors (Lipinski definition) is 1. The largest absolute Gasteiger partial charge is 0.481 e. The summed E-state index contributed by atoms with van der Waals surface area (Å²) in [5.74, 6) is -1.10. The van der Waals surface area contributed by atoms with E-state index in [-0.39, 0.29) is 12.1 Å². The van der Waals surface area contributed by atoms with Crippen molar-refractivity contribution in [3.8, 4) is 0 Å². The highest BCUT2D eigenvalue weighted by molar-refractivity contribution is 9.10. The maximum Gasteiger partial charge on any atom is 0.309 e. The van der Waals surface area contributed by atoms with Gasteiger partial charge in [0.1, 0.15) is 5.69 Å². The van der Waals surface area contributed by atoms with Gasteiger partial charge in [0, 0.05) is 4.47 Å². The molecule has 1 heterocycles. The van der Waals surface area contributed by atoms with Gasteiger partial charge in [-0.2, -0.15) is 0 Å². The van der Waals surface area contributed by atoms with E-state index in [9.17, 15) is 13.6 Å². The molecule has 0 aliphatic carbocycles. The van der Waals surface area contributed by atoms with Gasteiger partial charge in [0.25, 0.3) is 6.43 Å². The van der Waals surface area contributed by atoms with Crippen molar-refractivity contribution in [2.24, 2.45) is 0 Å². The Labute approximate surface area is 86.9 Å². The average Bonchev–Trinajstić information content (AvgIpc) is 2.01. The number of pyridine rings is 1. The van der Waals surface area contributed by atoms with Crippen LogP contribution in [-0.2, 0) is 11.2 Å². The monoisotopic (exact) mass is 265 g/mol. The van der Waals surface area contributed by atoms with E-state index in [1.54, 1.807) is 0 Å². The highest BCUT2D eigenvalue weighted by atomic mass is 79.9. The Morgan fingerprint density at radius 3 is 2.71 bits per heavy atom. The van der Waals surface area contributed by atoms with Gasteiger partial charge < -0.3 is 5.11 Å². The molecule has 1 aromatic heterocycles. The number of aliphatic carboxylic acids is 1. The smallest absolute Gasteiger partial charge is 0.309 e. The number of aromatic nitrogens is 1. The summed E-state index contributed by atoms with van der Waals surface area (Å²) >= 11 is 3.00. The molecule has 0 radical (unpaired) electrons. The van der Waals surface area contributed by atoms with Crippen LogP contribution in [0.25, 0.3) is 0 Å². The van der Waals surface area contributed by atoms with Crippen molar-refractivity contribution >= 4 is 21.9 Å². The average molecular weight is 266 g/mol. The van der Waals surface area contributed by atoms with Crippen LogP contribution in [0.3, 0.4) is 0 Å². The molecule has 1 N–H and O–H groups in total. The highest BCUT2D eigenvalue weighted by Crippen LogP contribution is 2.21. The standard InChI is InChI=1S/C8H6BrF2NO2/c9-4-1-5(3-7(13)14)12-6(2-4)8(10)11/h1-2,8H,3H2,(H,13,14). The molecule has 0 fully saturated rings. The Hall–Kier alpha value is -1.04. The molecule has 0 aliphatic heterocycles. The van der Waals surface area contributed by atoms with Crippen LogP contribution in [0.4, 0.5) is 8.78 Å². The number of carboxylic acids is 1. The maximum atomic E-state index is 12.2. The fourth-order valence-corrected chi connectivity index (χ4v) is 1.43. The number of rotatable bonds is 3. The molecule has 6 heteroatoms. The van der Waals surface area contributed by atoms with Gasteiger partial charge in [0.05, 0.1) is 12.1 Å². The SMILES string of the molecule is O=C(O)Cc1cc(Br)cc(C(F)F)n1. The third-order valence-electron chi connectivity index (χ3n) is 1.42. The Balaban J connectivity index is 3.01. The van der Waals surface area contributed by atoms with Crippen LogP contribution in [0.2, 0.25) is 0 Å². The third kappa shape index (κ3) is 3.02. The summed E-state index contributed by atoms with van der Waals surface area (Å²) in [7, 11) is 0. The van der Waals surface area contributed by atoms with Gasteiger partial charge in [-0.25, -0.2) is 8.78 Å². The van der Waals surface area contributed by atoms with E-state index in [0.29, 0.717) is 4.47 Å². The first-order chi connectivity index (χ1) is 6.49. The van der Waals surface area contributed by atoms with E-state index >= 15 is 0 Å². The van der Waals surface area contributed by atoms with Crippen LogP contribution >= 0.6 is 15.9 Å². The molecular formula is C8H6BrF2NO2. The zero-order chi connectivity index (χ0) is 10.7. The zero-order valence-electron chi connectivity index (χ0n) is 6.88. The number of carbonyl (C=O) groups is 1. The molecule has 3 nitrogen and oxygen atoms in total. The molecular weight excluding hydrogens is 260 g/mol. The predicted octanol–water partition coefficient (Wildman–Crippen LogP) is 2.41. The first kappa shape index (κ1) is 11.0. The van der Waals surface area contributed by atoms with Crippen molar-refractivity contribution in [3.05, 3.63) is 28.0 Å². The Morgan fingerprint density at radius 2 is 2.21 bits per heavy atom. The maximum absolute atomic E-state index is 12.2. The van der Waals surface area contributed by atoms with E-state index in [0.717, 1.165) is 6.07 Å². The van der Waals surface area contributed by atoms with Gasteiger partial charge in [-0.1, -0.05) is 15.9 Å². The second-order valence-corrected chi connectivity index (χ2v) is 3.49. The van der Waals surface area contributed by atoms with Gasteiger partial charge in [0.2, 0.25) is 0 Å². The summed E-state index contributed by atoms with van der Waals surface area (Å²) in [6, 6.07) is 2.57. The number of nitrogens with zero attached hydrogens (tertiary/aromatic N) is 1. The first-order valence-electron chi connectivity index (χ1n) is 3.65. The van der Waals surface area contributed by atoms with Crippen LogP contribution < -0.4 is 0 Å². The summed E-state index contributed by atoms with van der Waals surface area (Å²) in [5.41, 5.74) is -0.308. The van der Waals surface area contributed by atoms with E-state index in [1.807, 2.05) is 0 Å². The molecule has 0 amide bonds. The summed E-state index contributed by atoms with van der Waals surface area (Å²) in [4.78, 5) is 13.8. The van der Waals surface area contributed by atoms with Crippen molar-refractivity contribution in [1.29, 1.82) is 0 Å². The lowest BCUT2D eigenvalue weighted by molar-refractivity contribution is -0.136. The van der Waals surface area contributed by atoms with E-state index < -0.39 is 18.1 Å². The lowest BCUT2D eigenvalue weighted by Gasteiger charge is -2.03. The topological polar surface area (TPSA) is 50.2 Å². The highest BCUT2D eigenvalue weighted by Gasteiger charge is 2.12. The minimum Gasteiger partial charge on any atom is -0.481 e. The molecule has 0 aromatic carbocycles. The predicted molar refractivity (Wildman–Crippen MR) is 48.2 cm³/mol. The number of hydrogen-bond acceptors (Lipinski definition) is 2. The van der Waals surface area contributed by atoms with Gasteiger partial charge in [-0.15, -0.1) is 0 Å². The Morgan fingerprint density at radius 1 is 1.57 bits per heavy atom. The molecule has 1 aromatic rings. The lowest BCUT2D eigenvalue weighted by atomic mass is 10.2. The van der Waals surface area contributed by atoms with Crippen LogP contribution in [0, 0.1) is 0 Å². The van der Waals surface area contributed by atoms with Gasteiger partial charge in [-0.05, 0) is 12.1 Å². The minimum absolute atomic E-state index is 0.113. The first-order valence-corrected chi connectivity index (χ1v) is 4.44. The van der Waals surface area contributed by atoms with Crippen molar-refractivity contribution in [2.45, 2.75) is 12.8 Å². The van der Waals surface area contributed by atoms with Crippen LogP contribution in [-0.4, -0.2) is 16.1 Å². The molecule has 0 aliphatic rings. The van der Waals surface area contributed by atoms with Crippen LogP contribution in [0.1, 0.15) is 17.8 Å². The van der Waals surface area contributed by atoms with Crippen molar-refractivity contribution in [1.82, 2.24) is 4.98 Å². The summed E-state index contributed by atoms with van der Waals surface area (Å²) in [6.07, 6.45) is -3.06. The van der Waals surface area contributed by atoms with Crippen molar-refractivity contribution in [3.63, 3.8) is 0 Å². The van der Waals surface area contributed by atoms with Gasteiger partial charge in [-0.3, -0.25) is 9.78 Å². The minimum atomic E-state index is -2.69. The van der Waals surface area contributed by atoms with E-state index in [2.05, 4.69) is 20.9 Å². The van der Waals surface area contributed by atoms with E-state index in [4.69, 9.17) is 5.11 Å². The molecule has 0 saturated carbocycles. The number of alkyl halides is 2. The van der Waals surface area contributed by atoms with Gasteiger partial charge >= 0.3 is 5.97 Å². The quantitative estimate of drug-likeness (QED) is 0.913. The number of halogens is 3. The van der Waals surface area contributed by atoms with Crippen LogP contribution in [0.15, 0.2) is 16.6 Å². The summed E-state index contributed by atoms with van der Waals surface area (Å²) < 4.78 is 24.9. The third-order valence-corrected chi connectivity index (χ3v) is 1.88. The summed E-state index contributed by atoms with van der Waals surface area (Å²) in [5, 5.41) is 8.44. The number of carboxylic acid groups (broad SMARTS) is 1. The molecule has 0 bridgehead atoms. The molecule has 0 saturated heterocycles. The van der Waals surface area contributed by atoms with E-state index in [1.165, 1.54) is 6.07 Å². The Kier molecular flexibility index (Phi) is 3.51. The molecule has 0 spiro atoms. The zero-order valence-corrected chi connectivity index (χ0v) is 8.46. The molecule has 14 heavy (non-hydrogen) atoms. The summed E-state index contributed by atoms with van der Waals surface area (Å²) in [6.45, 7) is 0. The second kappa shape index (κ2) is 4.45. The molecule has 0 atom stereocenters. The molecule has 0 unspecified atom stereocenters. The molecule has 1 rings (SSSR count). The van der Waals surface area contributed by atoms with Crippen molar-refractivity contribution in [2.75, 3.05) is 0 Å². The second-order valence-electron chi connectivity index (χ2n) is 2.57. The Bertz CT molecular complexity index is 357. The lowest BCUT2D eigenvalue weighted by Crippen LogP contribution is -2.04. The van der Waals surface area contributed by atoms with Crippen LogP contribution in [0.5, 0.6) is 0 Å². The normalized spacial score (nSPS) is 10.6. The fourth-order valence-electron chi connectivity index (χ4n) is 0.930.